The number of rotatable bonds is 4. The van der Waals surface area contributed by atoms with Gasteiger partial charge in [-0.1, -0.05) is 18.6 Å². The van der Waals surface area contributed by atoms with Crippen molar-refractivity contribution in [2.24, 2.45) is 0 Å². The minimum absolute atomic E-state index is 0. The Morgan fingerprint density at radius 3 is 2.45 bits per heavy atom. The van der Waals surface area contributed by atoms with Crippen LogP contribution in [-0.4, -0.2) is 24.7 Å². The summed E-state index contributed by atoms with van der Waals surface area (Å²) >= 11 is 0. The molecular formula is C15H20ClF3N2O. The number of hydrogen-bond acceptors (Lipinski definition) is 2. The van der Waals surface area contributed by atoms with Gasteiger partial charge >= 0.3 is 6.18 Å². The minimum atomic E-state index is -4.14. The highest BCUT2D eigenvalue weighted by atomic mass is 35.5. The number of aryl methyl sites for hydroxylation is 1. The molecule has 0 aliphatic carbocycles. The molecule has 0 spiro atoms. The maximum Gasteiger partial charge on any atom is 0.389 e. The van der Waals surface area contributed by atoms with Gasteiger partial charge < -0.3 is 10.6 Å². The van der Waals surface area contributed by atoms with E-state index in [1.807, 2.05) is 0 Å². The van der Waals surface area contributed by atoms with E-state index in [9.17, 15) is 18.0 Å². The van der Waals surface area contributed by atoms with Crippen molar-refractivity contribution < 1.29 is 18.0 Å². The Balaban J connectivity index is 0.00000242. The molecule has 1 heterocycles. The molecule has 1 atom stereocenters. The molecule has 1 fully saturated rings. The Labute approximate surface area is 134 Å². The van der Waals surface area contributed by atoms with Gasteiger partial charge in [0.05, 0.1) is 6.04 Å². The van der Waals surface area contributed by atoms with Crippen LogP contribution in [0.4, 0.5) is 18.9 Å². The first-order valence-corrected chi connectivity index (χ1v) is 7.14. The lowest BCUT2D eigenvalue weighted by Crippen LogP contribution is -2.43. The molecule has 0 radical (unpaired) electrons. The van der Waals surface area contributed by atoms with Gasteiger partial charge in [0.25, 0.3) is 0 Å². The highest BCUT2D eigenvalue weighted by Gasteiger charge is 2.26. The van der Waals surface area contributed by atoms with Crippen molar-refractivity contribution in [3.05, 3.63) is 29.8 Å². The van der Waals surface area contributed by atoms with E-state index in [-0.39, 0.29) is 30.8 Å². The summed E-state index contributed by atoms with van der Waals surface area (Å²) in [6.45, 7) is 0.842. The summed E-state index contributed by atoms with van der Waals surface area (Å²) in [4.78, 5) is 12.0. The normalized spacial score (nSPS) is 18.4. The molecule has 22 heavy (non-hydrogen) atoms. The Kier molecular flexibility index (Phi) is 7.16. The van der Waals surface area contributed by atoms with Crippen molar-refractivity contribution in [1.82, 2.24) is 5.32 Å². The van der Waals surface area contributed by atoms with Crippen LogP contribution < -0.4 is 10.6 Å². The predicted octanol–water partition coefficient (Wildman–Crippen LogP) is 3.68. The van der Waals surface area contributed by atoms with Crippen molar-refractivity contribution >= 4 is 24.0 Å². The summed E-state index contributed by atoms with van der Waals surface area (Å²) in [5.74, 6) is -0.0854. The van der Waals surface area contributed by atoms with Gasteiger partial charge in [0.2, 0.25) is 5.91 Å². The summed E-state index contributed by atoms with van der Waals surface area (Å²) in [7, 11) is 0. The van der Waals surface area contributed by atoms with Crippen molar-refractivity contribution in [3.8, 4) is 0 Å². The maximum absolute atomic E-state index is 12.1. The molecular weight excluding hydrogens is 317 g/mol. The second-order valence-electron chi connectivity index (χ2n) is 5.30. The van der Waals surface area contributed by atoms with Crippen LogP contribution in [0.15, 0.2) is 24.3 Å². The molecule has 124 valence electrons. The van der Waals surface area contributed by atoms with Gasteiger partial charge in [-0.05, 0) is 43.5 Å². The number of amides is 1. The predicted molar refractivity (Wildman–Crippen MR) is 82.3 cm³/mol. The first-order chi connectivity index (χ1) is 9.94. The van der Waals surface area contributed by atoms with Gasteiger partial charge in [-0.2, -0.15) is 13.2 Å². The zero-order valence-electron chi connectivity index (χ0n) is 12.1. The number of halogens is 4. The summed E-state index contributed by atoms with van der Waals surface area (Å²) in [5.41, 5.74) is 1.23. The smallest absolute Gasteiger partial charge is 0.325 e. The third kappa shape index (κ3) is 6.23. The van der Waals surface area contributed by atoms with Crippen LogP contribution in [0.25, 0.3) is 0 Å². The van der Waals surface area contributed by atoms with Gasteiger partial charge in [-0.15, -0.1) is 12.4 Å². The molecule has 1 aromatic rings. The molecule has 1 aromatic carbocycles. The molecule has 1 aliphatic rings. The number of nitrogens with one attached hydrogen (secondary N) is 2. The molecule has 1 aliphatic heterocycles. The number of benzene rings is 1. The quantitative estimate of drug-likeness (QED) is 0.880. The zero-order chi connectivity index (χ0) is 15.3. The molecule has 1 saturated heterocycles. The van der Waals surface area contributed by atoms with E-state index < -0.39 is 12.6 Å². The second-order valence-corrected chi connectivity index (χ2v) is 5.30. The van der Waals surface area contributed by atoms with E-state index >= 15 is 0 Å². The third-order valence-corrected chi connectivity index (χ3v) is 3.55. The van der Waals surface area contributed by atoms with E-state index in [1.54, 1.807) is 24.3 Å². The molecule has 1 unspecified atom stereocenters. The molecule has 0 bridgehead atoms. The first kappa shape index (κ1) is 18.8. The SMILES string of the molecule is Cl.O=C(Nc1ccc(CCC(F)(F)F)cc1)C1CCCCN1. The van der Waals surface area contributed by atoms with Gasteiger partial charge in [0.15, 0.2) is 0 Å². The van der Waals surface area contributed by atoms with E-state index in [0.29, 0.717) is 11.3 Å². The van der Waals surface area contributed by atoms with Crippen molar-refractivity contribution in [2.45, 2.75) is 44.3 Å². The topological polar surface area (TPSA) is 41.1 Å². The number of alkyl halides is 3. The molecule has 3 nitrogen and oxygen atoms in total. The monoisotopic (exact) mass is 336 g/mol. The molecule has 0 saturated carbocycles. The Hall–Kier alpha value is -1.27. The van der Waals surface area contributed by atoms with E-state index in [4.69, 9.17) is 0 Å². The number of hydrogen-bond donors (Lipinski definition) is 2. The first-order valence-electron chi connectivity index (χ1n) is 7.14. The number of piperidine rings is 1. The molecule has 2 rings (SSSR count). The fourth-order valence-corrected chi connectivity index (χ4v) is 2.35. The highest BCUT2D eigenvalue weighted by molar-refractivity contribution is 5.94. The Bertz CT molecular complexity index is 471. The average molecular weight is 337 g/mol. The van der Waals surface area contributed by atoms with Crippen molar-refractivity contribution in [2.75, 3.05) is 11.9 Å². The lowest BCUT2D eigenvalue weighted by Gasteiger charge is -2.22. The van der Waals surface area contributed by atoms with Gasteiger partial charge in [-0.25, -0.2) is 0 Å². The van der Waals surface area contributed by atoms with Crippen LogP contribution in [0.2, 0.25) is 0 Å². The summed E-state index contributed by atoms with van der Waals surface area (Å²) < 4.78 is 36.4. The number of anilines is 1. The molecule has 0 aromatic heterocycles. The standard InChI is InChI=1S/C15H19F3N2O.ClH/c16-15(17,18)9-8-11-4-6-12(7-5-11)20-14(21)13-3-1-2-10-19-13;/h4-7,13,19H,1-3,8-10H2,(H,20,21);1H. The van der Waals surface area contributed by atoms with Gasteiger partial charge in [-0.3, -0.25) is 4.79 Å². The third-order valence-electron chi connectivity index (χ3n) is 3.55. The second kappa shape index (κ2) is 8.39. The van der Waals surface area contributed by atoms with Crippen LogP contribution in [-0.2, 0) is 11.2 Å². The molecule has 7 heteroatoms. The highest BCUT2D eigenvalue weighted by Crippen LogP contribution is 2.22. The van der Waals surface area contributed by atoms with Crippen LogP contribution in [0.1, 0.15) is 31.2 Å². The fourth-order valence-electron chi connectivity index (χ4n) is 2.35. The lowest BCUT2D eigenvalue weighted by atomic mass is 10.0. The fraction of sp³-hybridized carbons (Fsp3) is 0.533. The van der Waals surface area contributed by atoms with Gasteiger partial charge in [0, 0.05) is 12.1 Å². The molecule has 2 N–H and O–H groups in total. The van der Waals surface area contributed by atoms with E-state index in [1.165, 1.54) is 0 Å². The van der Waals surface area contributed by atoms with E-state index in [0.717, 1.165) is 25.8 Å². The number of carbonyl (C=O) groups excluding carboxylic acids is 1. The Morgan fingerprint density at radius 1 is 1.23 bits per heavy atom. The van der Waals surface area contributed by atoms with Crippen LogP contribution in [0.3, 0.4) is 0 Å². The van der Waals surface area contributed by atoms with Crippen molar-refractivity contribution in [1.29, 1.82) is 0 Å². The van der Waals surface area contributed by atoms with Crippen LogP contribution in [0, 0.1) is 0 Å². The van der Waals surface area contributed by atoms with Crippen molar-refractivity contribution in [3.63, 3.8) is 0 Å². The summed E-state index contributed by atoms with van der Waals surface area (Å²) in [5, 5.41) is 5.94. The maximum atomic E-state index is 12.1. The minimum Gasteiger partial charge on any atom is -0.325 e. The summed E-state index contributed by atoms with van der Waals surface area (Å²) in [6.07, 6.45) is -2.08. The van der Waals surface area contributed by atoms with Crippen LogP contribution >= 0.6 is 12.4 Å². The molecule has 1 amide bonds. The zero-order valence-corrected chi connectivity index (χ0v) is 12.9. The van der Waals surface area contributed by atoms with Crippen LogP contribution in [0.5, 0.6) is 0 Å². The summed E-state index contributed by atoms with van der Waals surface area (Å²) in [6, 6.07) is 6.35. The van der Waals surface area contributed by atoms with Gasteiger partial charge in [0.1, 0.15) is 0 Å². The lowest BCUT2D eigenvalue weighted by molar-refractivity contribution is -0.134. The number of carbonyl (C=O) groups is 1. The average Bonchev–Trinajstić information content (AvgIpc) is 2.46. The Morgan fingerprint density at radius 2 is 1.91 bits per heavy atom. The largest absolute Gasteiger partial charge is 0.389 e. The van der Waals surface area contributed by atoms with E-state index in [2.05, 4.69) is 10.6 Å².